The molecule has 1 saturated heterocycles. The van der Waals surface area contributed by atoms with Crippen LogP contribution in [0.25, 0.3) is 0 Å². The highest BCUT2D eigenvalue weighted by atomic mass is 19.4. The molecule has 0 spiro atoms. The highest BCUT2D eigenvalue weighted by Crippen LogP contribution is 2.19. The average molecular weight is 290 g/mol. The van der Waals surface area contributed by atoms with Gasteiger partial charge in [-0.3, -0.25) is 9.58 Å². The molecular formula is C13H21F3N4. The maximum atomic E-state index is 12.3. The van der Waals surface area contributed by atoms with E-state index in [1.807, 2.05) is 16.9 Å². The van der Waals surface area contributed by atoms with Crippen molar-refractivity contribution >= 4 is 0 Å². The number of piperidine rings is 1. The van der Waals surface area contributed by atoms with E-state index in [1.54, 1.807) is 6.20 Å². The van der Waals surface area contributed by atoms with Crippen molar-refractivity contribution in [3.63, 3.8) is 0 Å². The first-order chi connectivity index (χ1) is 9.42. The summed E-state index contributed by atoms with van der Waals surface area (Å²) in [6.07, 6.45) is 1.08. The molecule has 1 aromatic heterocycles. The molecule has 0 aliphatic carbocycles. The second-order valence-electron chi connectivity index (χ2n) is 5.46. The molecule has 4 nitrogen and oxygen atoms in total. The molecule has 2 heterocycles. The molecule has 0 saturated carbocycles. The predicted molar refractivity (Wildman–Crippen MR) is 70.3 cm³/mol. The Morgan fingerprint density at radius 2 is 2.05 bits per heavy atom. The Bertz CT molecular complexity index is 383. The number of hydrogen-bond donors (Lipinski definition) is 1. The molecule has 0 aromatic carbocycles. The summed E-state index contributed by atoms with van der Waals surface area (Å²) in [5.41, 5.74) is 0. The summed E-state index contributed by atoms with van der Waals surface area (Å²) in [5, 5.41) is 7.62. The normalized spacial score (nSPS) is 20.2. The van der Waals surface area contributed by atoms with Gasteiger partial charge in [0, 0.05) is 24.5 Å². The van der Waals surface area contributed by atoms with Gasteiger partial charge in [-0.2, -0.15) is 18.3 Å². The lowest BCUT2D eigenvalue weighted by Crippen LogP contribution is -2.48. The highest BCUT2D eigenvalue weighted by molar-refractivity contribution is 4.82. The first kappa shape index (κ1) is 15.3. The Kier molecular flexibility index (Phi) is 5.04. The Morgan fingerprint density at radius 1 is 1.35 bits per heavy atom. The largest absolute Gasteiger partial charge is 0.401 e. The molecule has 114 valence electrons. The lowest BCUT2D eigenvalue weighted by atomic mass is 10.0. The highest BCUT2D eigenvalue weighted by Gasteiger charge is 2.32. The van der Waals surface area contributed by atoms with Gasteiger partial charge in [-0.05, 0) is 38.9 Å². The summed E-state index contributed by atoms with van der Waals surface area (Å²) in [5.74, 6) is 0. The molecule has 1 N–H and O–H groups in total. The van der Waals surface area contributed by atoms with E-state index >= 15 is 0 Å². The van der Waals surface area contributed by atoms with Crippen molar-refractivity contribution in [2.75, 3.05) is 19.6 Å². The summed E-state index contributed by atoms with van der Waals surface area (Å²) in [7, 11) is 0. The van der Waals surface area contributed by atoms with Crippen LogP contribution in [-0.4, -0.2) is 52.6 Å². The van der Waals surface area contributed by atoms with Crippen molar-refractivity contribution in [2.24, 2.45) is 0 Å². The number of nitrogens with one attached hydrogen (secondary N) is 1. The van der Waals surface area contributed by atoms with Gasteiger partial charge in [0.15, 0.2) is 0 Å². The molecule has 0 amide bonds. The smallest absolute Gasteiger partial charge is 0.310 e. The Hall–Kier alpha value is -1.08. The van der Waals surface area contributed by atoms with Gasteiger partial charge < -0.3 is 5.32 Å². The third-order valence-corrected chi connectivity index (χ3v) is 3.53. The molecule has 1 aliphatic rings. The fourth-order valence-corrected chi connectivity index (χ4v) is 2.66. The SMILES string of the molecule is CC(Cn1cccn1)NC1CCN(CC(F)(F)F)CC1. The lowest BCUT2D eigenvalue weighted by molar-refractivity contribution is -0.148. The van der Waals surface area contributed by atoms with Crippen molar-refractivity contribution in [2.45, 2.75) is 44.6 Å². The Morgan fingerprint density at radius 3 is 2.60 bits per heavy atom. The number of hydrogen-bond acceptors (Lipinski definition) is 3. The zero-order chi connectivity index (χ0) is 14.6. The van der Waals surface area contributed by atoms with E-state index in [0.717, 1.165) is 19.4 Å². The minimum atomic E-state index is -4.09. The zero-order valence-corrected chi connectivity index (χ0v) is 11.6. The van der Waals surface area contributed by atoms with Crippen LogP contribution in [0.4, 0.5) is 13.2 Å². The van der Waals surface area contributed by atoms with E-state index in [1.165, 1.54) is 4.90 Å². The first-order valence-electron chi connectivity index (χ1n) is 6.95. The minimum Gasteiger partial charge on any atom is -0.310 e. The van der Waals surface area contributed by atoms with Crippen LogP contribution in [0, 0.1) is 0 Å². The van der Waals surface area contributed by atoms with Crippen LogP contribution in [0.2, 0.25) is 0 Å². The molecule has 0 bridgehead atoms. The molecule has 0 radical (unpaired) electrons. The van der Waals surface area contributed by atoms with Crippen LogP contribution in [0.3, 0.4) is 0 Å². The lowest BCUT2D eigenvalue weighted by Gasteiger charge is -2.34. The third kappa shape index (κ3) is 5.13. The van der Waals surface area contributed by atoms with Gasteiger partial charge >= 0.3 is 6.18 Å². The van der Waals surface area contributed by atoms with Crippen molar-refractivity contribution in [3.8, 4) is 0 Å². The van der Waals surface area contributed by atoms with Crippen LogP contribution < -0.4 is 5.32 Å². The fraction of sp³-hybridized carbons (Fsp3) is 0.769. The molecule has 2 rings (SSSR count). The van der Waals surface area contributed by atoms with Gasteiger partial charge in [0.2, 0.25) is 0 Å². The van der Waals surface area contributed by atoms with Crippen LogP contribution in [0.15, 0.2) is 18.5 Å². The van der Waals surface area contributed by atoms with E-state index in [9.17, 15) is 13.2 Å². The average Bonchev–Trinajstić information content (AvgIpc) is 2.82. The van der Waals surface area contributed by atoms with Gasteiger partial charge in [0.05, 0.1) is 13.1 Å². The number of alkyl halides is 3. The predicted octanol–water partition coefficient (Wildman–Crippen LogP) is 1.89. The van der Waals surface area contributed by atoms with Crippen LogP contribution in [-0.2, 0) is 6.54 Å². The van der Waals surface area contributed by atoms with E-state index in [4.69, 9.17) is 0 Å². The molecule has 1 aromatic rings. The standard InChI is InChI=1S/C13H21F3N4/c1-11(9-20-6-2-5-17-20)18-12-3-7-19(8-4-12)10-13(14,15)16/h2,5-6,11-12,18H,3-4,7-10H2,1H3. The summed E-state index contributed by atoms with van der Waals surface area (Å²) < 4.78 is 38.7. The topological polar surface area (TPSA) is 33.1 Å². The van der Waals surface area contributed by atoms with E-state index < -0.39 is 12.7 Å². The number of halogens is 3. The van der Waals surface area contributed by atoms with E-state index in [2.05, 4.69) is 17.3 Å². The number of nitrogens with zero attached hydrogens (tertiary/aromatic N) is 3. The number of rotatable bonds is 5. The molecular weight excluding hydrogens is 269 g/mol. The third-order valence-electron chi connectivity index (χ3n) is 3.53. The van der Waals surface area contributed by atoms with Crippen molar-refractivity contribution < 1.29 is 13.2 Å². The van der Waals surface area contributed by atoms with Crippen molar-refractivity contribution in [3.05, 3.63) is 18.5 Å². The summed E-state index contributed by atoms with van der Waals surface area (Å²) >= 11 is 0. The fourth-order valence-electron chi connectivity index (χ4n) is 2.66. The summed E-state index contributed by atoms with van der Waals surface area (Å²) in [4.78, 5) is 1.48. The van der Waals surface area contributed by atoms with Gasteiger partial charge in [-0.1, -0.05) is 0 Å². The first-order valence-corrected chi connectivity index (χ1v) is 6.95. The molecule has 1 aliphatic heterocycles. The zero-order valence-electron chi connectivity index (χ0n) is 11.6. The van der Waals surface area contributed by atoms with Gasteiger partial charge in [0.1, 0.15) is 0 Å². The van der Waals surface area contributed by atoms with Gasteiger partial charge in [0.25, 0.3) is 0 Å². The van der Waals surface area contributed by atoms with Crippen molar-refractivity contribution in [1.82, 2.24) is 20.0 Å². The van der Waals surface area contributed by atoms with Gasteiger partial charge in [-0.15, -0.1) is 0 Å². The second kappa shape index (κ2) is 6.58. The maximum absolute atomic E-state index is 12.3. The molecule has 7 heteroatoms. The summed E-state index contributed by atoms with van der Waals surface area (Å²) in [6.45, 7) is 3.07. The number of likely N-dealkylation sites (tertiary alicyclic amines) is 1. The van der Waals surface area contributed by atoms with E-state index in [0.29, 0.717) is 19.1 Å². The van der Waals surface area contributed by atoms with E-state index in [-0.39, 0.29) is 6.04 Å². The van der Waals surface area contributed by atoms with Crippen LogP contribution in [0.1, 0.15) is 19.8 Å². The molecule has 20 heavy (non-hydrogen) atoms. The van der Waals surface area contributed by atoms with Crippen molar-refractivity contribution in [1.29, 1.82) is 0 Å². The second-order valence-corrected chi connectivity index (χ2v) is 5.46. The quantitative estimate of drug-likeness (QED) is 0.899. The van der Waals surface area contributed by atoms with Crippen LogP contribution in [0.5, 0.6) is 0 Å². The molecule has 1 unspecified atom stereocenters. The molecule has 1 fully saturated rings. The minimum absolute atomic E-state index is 0.258. The number of aromatic nitrogens is 2. The summed E-state index contributed by atoms with van der Waals surface area (Å²) in [6, 6.07) is 2.43. The van der Waals surface area contributed by atoms with Gasteiger partial charge in [-0.25, -0.2) is 0 Å². The Balaban J connectivity index is 1.69. The Labute approximate surface area is 116 Å². The molecule has 1 atom stereocenters. The monoisotopic (exact) mass is 290 g/mol. The maximum Gasteiger partial charge on any atom is 0.401 e. The van der Waals surface area contributed by atoms with Crippen LogP contribution >= 0.6 is 0 Å².